The fourth-order valence-corrected chi connectivity index (χ4v) is 3.15. The molecule has 0 spiro atoms. The van der Waals surface area contributed by atoms with Gasteiger partial charge in [0.2, 0.25) is 0 Å². The Morgan fingerprint density at radius 1 is 1.33 bits per heavy atom. The molecule has 0 unspecified atom stereocenters. The van der Waals surface area contributed by atoms with Gasteiger partial charge in [0, 0.05) is 13.1 Å². The predicted octanol–water partition coefficient (Wildman–Crippen LogP) is 3.25. The summed E-state index contributed by atoms with van der Waals surface area (Å²) in [6.45, 7) is 7.77. The number of aliphatic hydroxyl groups is 1. The van der Waals surface area contributed by atoms with Gasteiger partial charge in [-0.15, -0.1) is 0 Å². The van der Waals surface area contributed by atoms with E-state index in [2.05, 4.69) is 30.9 Å². The zero-order valence-electron chi connectivity index (χ0n) is 13.4. The highest BCUT2D eigenvalue weighted by Gasteiger charge is 2.20. The molecule has 1 N–H and O–H groups in total. The summed E-state index contributed by atoms with van der Waals surface area (Å²) >= 11 is 0. The van der Waals surface area contributed by atoms with Crippen LogP contribution in [0.4, 0.5) is 0 Å². The average molecular weight is 291 g/mol. The van der Waals surface area contributed by atoms with Crippen molar-refractivity contribution in [2.24, 2.45) is 5.92 Å². The van der Waals surface area contributed by atoms with Crippen molar-refractivity contribution >= 4 is 0 Å². The lowest BCUT2D eigenvalue weighted by Gasteiger charge is -2.32. The first-order valence-corrected chi connectivity index (χ1v) is 8.26. The lowest BCUT2D eigenvalue weighted by atomic mass is 10.00. The summed E-state index contributed by atoms with van der Waals surface area (Å²) in [5.41, 5.74) is 1.19. The van der Waals surface area contributed by atoms with Crippen LogP contribution in [-0.4, -0.2) is 42.4 Å². The molecule has 1 fully saturated rings. The maximum Gasteiger partial charge on any atom is 0.0900 e. The van der Waals surface area contributed by atoms with Crippen LogP contribution in [0.15, 0.2) is 30.3 Å². The SMILES string of the molecule is CC[C@H](OC[C@@H](O)CN1CCC[C@H](C)C1)c1ccccc1. The summed E-state index contributed by atoms with van der Waals surface area (Å²) in [4.78, 5) is 2.37. The number of ether oxygens (including phenoxy) is 1. The quantitative estimate of drug-likeness (QED) is 0.837. The molecular weight excluding hydrogens is 262 g/mol. The van der Waals surface area contributed by atoms with Crippen molar-refractivity contribution in [3.63, 3.8) is 0 Å². The van der Waals surface area contributed by atoms with Crippen LogP contribution in [0.1, 0.15) is 44.8 Å². The predicted molar refractivity (Wildman–Crippen MR) is 86.3 cm³/mol. The zero-order valence-corrected chi connectivity index (χ0v) is 13.4. The van der Waals surface area contributed by atoms with Crippen LogP contribution in [0, 0.1) is 5.92 Å². The molecule has 3 heteroatoms. The number of hydrogen-bond acceptors (Lipinski definition) is 3. The Labute approximate surface area is 128 Å². The van der Waals surface area contributed by atoms with Gasteiger partial charge in [-0.05, 0) is 37.3 Å². The molecule has 1 aromatic carbocycles. The zero-order chi connectivity index (χ0) is 15.1. The molecule has 2 rings (SSSR count). The average Bonchev–Trinajstić information content (AvgIpc) is 2.49. The van der Waals surface area contributed by atoms with E-state index in [4.69, 9.17) is 4.74 Å². The molecule has 3 nitrogen and oxygen atoms in total. The van der Waals surface area contributed by atoms with E-state index in [-0.39, 0.29) is 6.10 Å². The highest BCUT2D eigenvalue weighted by Crippen LogP contribution is 2.21. The molecule has 0 radical (unpaired) electrons. The molecule has 3 atom stereocenters. The molecule has 1 aliphatic rings. The number of nitrogens with zero attached hydrogens (tertiary/aromatic N) is 1. The molecule has 1 aliphatic heterocycles. The van der Waals surface area contributed by atoms with Crippen LogP contribution in [0.5, 0.6) is 0 Å². The van der Waals surface area contributed by atoms with Gasteiger partial charge in [0.1, 0.15) is 0 Å². The van der Waals surface area contributed by atoms with Gasteiger partial charge in [0.25, 0.3) is 0 Å². The molecular formula is C18H29NO2. The molecule has 1 saturated heterocycles. The van der Waals surface area contributed by atoms with Gasteiger partial charge in [0.15, 0.2) is 0 Å². The molecule has 0 aliphatic carbocycles. The van der Waals surface area contributed by atoms with Gasteiger partial charge in [-0.2, -0.15) is 0 Å². The topological polar surface area (TPSA) is 32.7 Å². The summed E-state index contributed by atoms with van der Waals surface area (Å²) in [6, 6.07) is 10.3. The first-order valence-electron chi connectivity index (χ1n) is 8.26. The number of rotatable bonds is 7. The number of piperidine rings is 1. The highest BCUT2D eigenvalue weighted by molar-refractivity contribution is 5.17. The molecule has 0 aromatic heterocycles. The molecule has 1 aromatic rings. The second kappa shape index (κ2) is 8.52. The van der Waals surface area contributed by atoms with Crippen LogP contribution in [-0.2, 0) is 4.74 Å². The van der Waals surface area contributed by atoms with Gasteiger partial charge >= 0.3 is 0 Å². The van der Waals surface area contributed by atoms with Gasteiger partial charge in [-0.1, -0.05) is 44.2 Å². The van der Waals surface area contributed by atoms with Gasteiger partial charge in [0.05, 0.1) is 18.8 Å². The number of benzene rings is 1. The number of β-amino-alcohol motifs (C(OH)–C–C–N with tert-alkyl or cyclic N) is 1. The second-order valence-electron chi connectivity index (χ2n) is 6.30. The van der Waals surface area contributed by atoms with E-state index in [0.717, 1.165) is 32.0 Å². The number of aliphatic hydroxyl groups excluding tert-OH is 1. The summed E-state index contributed by atoms with van der Waals surface area (Å²) in [5.74, 6) is 0.750. The van der Waals surface area contributed by atoms with E-state index >= 15 is 0 Å². The van der Waals surface area contributed by atoms with Crippen LogP contribution in [0.25, 0.3) is 0 Å². The Morgan fingerprint density at radius 3 is 2.76 bits per heavy atom. The van der Waals surface area contributed by atoms with Crippen molar-refractivity contribution in [3.8, 4) is 0 Å². The molecule has 0 saturated carbocycles. The fourth-order valence-electron chi connectivity index (χ4n) is 3.15. The summed E-state index contributed by atoms with van der Waals surface area (Å²) in [6.07, 6.45) is 3.18. The van der Waals surface area contributed by atoms with Crippen molar-refractivity contribution < 1.29 is 9.84 Å². The fraction of sp³-hybridized carbons (Fsp3) is 0.667. The molecule has 118 valence electrons. The van der Waals surface area contributed by atoms with Crippen LogP contribution >= 0.6 is 0 Å². The van der Waals surface area contributed by atoms with E-state index in [9.17, 15) is 5.11 Å². The Hall–Kier alpha value is -0.900. The first kappa shape index (κ1) is 16.5. The monoisotopic (exact) mass is 291 g/mol. The molecule has 0 bridgehead atoms. The van der Waals surface area contributed by atoms with Crippen LogP contribution in [0.3, 0.4) is 0 Å². The third kappa shape index (κ3) is 5.42. The summed E-state index contributed by atoms with van der Waals surface area (Å²) < 4.78 is 5.93. The van der Waals surface area contributed by atoms with E-state index in [1.165, 1.54) is 18.4 Å². The van der Waals surface area contributed by atoms with Crippen molar-refractivity contribution in [3.05, 3.63) is 35.9 Å². The maximum atomic E-state index is 10.2. The van der Waals surface area contributed by atoms with Gasteiger partial charge in [-0.3, -0.25) is 0 Å². The Kier molecular flexibility index (Phi) is 6.68. The lowest BCUT2D eigenvalue weighted by Crippen LogP contribution is -2.40. The molecule has 1 heterocycles. The Balaban J connectivity index is 1.76. The van der Waals surface area contributed by atoms with E-state index < -0.39 is 6.10 Å². The number of hydrogen-bond donors (Lipinski definition) is 1. The van der Waals surface area contributed by atoms with Gasteiger partial charge < -0.3 is 14.7 Å². The summed E-state index contributed by atoms with van der Waals surface area (Å²) in [5, 5.41) is 10.2. The van der Waals surface area contributed by atoms with Crippen molar-refractivity contribution in [2.75, 3.05) is 26.2 Å². The normalized spacial score (nSPS) is 22.9. The summed E-state index contributed by atoms with van der Waals surface area (Å²) in [7, 11) is 0. The standard InChI is InChI=1S/C18H29NO2/c1-3-18(16-9-5-4-6-10-16)21-14-17(20)13-19-11-7-8-15(2)12-19/h4-6,9-10,15,17-18,20H,3,7-8,11-14H2,1-2H3/t15-,17-,18-/m0/s1. The largest absolute Gasteiger partial charge is 0.389 e. The lowest BCUT2D eigenvalue weighted by molar-refractivity contribution is -0.0271. The first-order chi connectivity index (χ1) is 10.2. The van der Waals surface area contributed by atoms with Crippen molar-refractivity contribution in [2.45, 2.75) is 45.3 Å². The van der Waals surface area contributed by atoms with Crippen molar-refractivity contribution in [1.82, 2.24) is 4.90 Å². The third-order valence-corrected chi connectivity index (χ3v) is 4.24. The van der Waals surface area contributed by atoms with Crippen LogP contribution in [0.2, 0.25) is 0 Å². The van der Waals surface area contributed by atoms with E-state index in [1.54, 1.807) is 0 Å². The second-order valence-corrected chi connectivity index (χ2v) is 6.30. The molecule has 0 amide bonds. The van der Waals surface area contributed by atoms with Crippen molar-refractivity contribution in [1.29, 1.82) is 0 Å². The number of likely N-dealkylation sites (tertiary alicyclic amines) is 1. The maximum absolute atomic E-state index is 10.2. The highest BCUT2D eigenvalue weighted by atomic mass is 16.5. The third-order valence-electron chi connectivity index (χ3n) is 4.24. The smallest absolute Gasteiger partial charge is 0.0900 e. The Morgan fingerprint density at radius 2 is 2.10 bits per heavy atom. The van der Waals surface area contributed by atoms with Gasteiger partial charge in [-0.25, -0.2) is 0 Å². The van der Waals surface area contributed by atoms with E-state index in [1.807, 2.05) is 18.2 Å². The van der Waals surface area contributed by atoms with Crippen LogP contribution < -0.4 is 0 Å². The minimum atomic E-state index is -0.395. The minimum absolute atomic E-state index is 0.0844. The minimum Gasteiger partial charge on any atom is -0.389 e. The van der Waals surface area contributed by atoms with E-state index in [0.29, 0.717) is 6.61 Å². The Bertz CT molecular complexity index is 395. The molecule has 21 heavy (non-hydrogen) atoms.